The molecule has 0 saturated heterocycles. The highest BCUT2D eigenvalue weighted by molar-refractivity contribution is 6.02. The highest BCUT2D eigenvalue weighted by atomic mass is 16.4. The summed E-state index contributed by atoms with van der Waals surface area (Å²) in [4.78, 5) is 22.7. The van der Waals surface area contributed by atoms with Crippen molar-refractivity contribution in [2.45, 2.75) is 0 Å². The monoisotopic (exact) mass is 221 g/mol. The summed E-state index contributed by atoms with van der Waals surface area (Å²) in [6, 6.07) is 2.94. The summed E-state index contributed by atoms with van der Waals surface area (Å²) in [5.41, 5.74) is 6.59. The number of nitrogens with zero attached hydrogens (tertiary/aromatic N) is 2. The first-order valence-electron chi connectivity index (χ1n) is 4.61. The van der Waals surface area contributed by atoms with Gasteiger partial charge >= 0.3 is 11.7 Å². The maximum Gasteiger partial charge on any atom is 0.337 e. The van der Waals surface area contributed by atoms with Crippen LogP contribution in [0.25, 0.3) is 11.0 Å². The predicted molar refractivity (Wildman–Crippen MR) is 59.5 cm³/mol. The van der Waals surface area contributed by atoms with Crippen molar-refractivity contribution in [2.75, 3.05) is 5.73 Å². The van der Waals surface area contributed by atoms with Crippen molar-refractivity contribution in [3.05, 3.63) is 28.2 Å². The normalized spacial score (nSPS) is 10.9. The minimum Gasteiger partial charge on any atom is -0.478 e. The van der Waals surface area contributed by atoms with Crippen molar-refractivity contribution >= 4 is 22.7 Å². The Balaban J connectivity index is 3.08. The Morgan fingerprint density at radius 3 is 2.50 bits per heavy atom. The van der Waals surface area contributed by atoms with Gasteiger partial charge in [0.25, 0.3) is 0 Å². The number of carboxylic acids is 1. The first-order chi connectivity index (χ1) is 7.43. The summed E-state index contributed by atoms with van der Waals surface area (Å²) in [5.74, 6) is -1.10. The summed E-state index contributed by atoms with van der Waals surface area (Å²) < 4.78 is 2.68. The fourth-order valence-corrected chi connectivity index (χ4v) is 1.84. The quantitative estimate of drug-likeness (QED) is 0.671. The van der Waals surface area contributed by atoms with Gasteiger partial charge in [0.05, 0.1) is 16.6 Å². The maximum absolute atomic E-state index is 11.7. The first-order valence-corrected chi connectivity index (χ1v) is 4.61. The van der Waals surface area contributed by atoms with E-state index >= 15 is 0 Å². The number of benzene rings is 1. The lowest BCUT2D eigenvalue weighted by atomic mass is 10.1. The molecule has 0 aliphatic heterocycles. The van der Waals surface area contributed by atoms with Crippen LogP contribution < -0.4 is 11.4 Å². The molecule has 0 saturated carbocycles. The number of nitrogens with two attached hydrogens (primary N) is 1. The number of carbonyl (C=O) groups is 1. The molecule has 0 fully saturated rings. The molecule has 0 aliphatic rings. The third-order valence-corrected chi connectivity index (χ3v) is 2.61. The molecule has 1 aromatic carbocycles. The second-order valence-corrected chi connectivity index (χ2v) is 3.64. The van der Waals surface area contributed by atoms with Gasteiger partial charge in [-0.05, 0) is 12.1 Å². The molecule has 1 aromatic heterocycles. The third kappa shape index (κ3) is 1.19. The van der Waals surface area contributed by atoms with Crippen molar-refractivity contribution in [2.24, 2.45) is 14.1 Å². The van der Waals surface area contributed by atoms with Gasteiger partial charge in [0.2, 0.25) is 0 Å². The topological polar surface area (TPSA) is 90.2 Å². The lowest BCUT2D eigenvalue weighted by molar-refractivity contribution is 0.0698. The largest absolute Gasteiger partial charge is 0.478 e. The van der Waals surface area contributed by atoms with Gasteiger partial charge in [-0.15, -0.1) is 0 Å². The maximum atomic E-state index is 11.7. The molecule has 0 radical (unpaired) electrons. The molecular weight excluding hydrogens is 210 g/mol. The average Bonchev–Trinajstić information content (AvgIpc) is 2.43. The average molecular weight is 221 g/mol. The van der Waals surface area contributed by atoms with Gasteiger partial charge in [-0.1, -0.05) is 0 Å². The van der Waals surface area contributed by atoms with Crippen molar-refractivity contribution in [3.8, 4) is 0 Å². The first kappa shape index (κ1) is 10.3. The highest BCUT2D eigenvalue weighted by Gasteiger charge is 2.16. The molecule has 84 valence electrons. The van der Waals surface area contributed by atoms with E-state index in [1.807, 2.05) is 0 Å². The van der Waals surface area contributed by atoms with E-state index in [4.69, 9.17) is 10.8 Å². The van der Waals surface area contributed by atoms with Crippen LogP contribution in [0.3, 0.4) is 0 Å². The lowest BCUT2D eigenvalue weighted by Crippen LogP contribution is -2.19. The summed E-state index contributed by atoms with van der Waals surface area (Å²) in [5, 5.41) is 9.05. The molecule has 0 unspecified atom stereocenters. The molecular formula is C10H11N3O3. The second kappa shape index (κ2) is 3.13. The minimum absolute atomic E-state index is 0.0372. The van der Waals surface area contributed by atoms with Crippen LogP contribution in [0.5, 0.6) is 0 Å². The second-order valence-electron chi connectivity index (χ2n) is 3.64. The highest BCUT2D eigenvalue weighted by Crippen LogP contribution is 2.20. The van der Waals surface area contributed by atoms with Gasteiger partial charge in [-0.2, -0.15) is 0 Å². The number of fused-ring (bicyclic) bond motifs is 1. The van der Waals surface area contributed by atoms with E-state index in [1.165, 1.54) is 22.2 Å². The Kier molecular flexibility index (Phi) is 2.01. The van der Waals surface area contributed by atoms with Crippen LogP contribution in [0, 0.1) is 0 Å². The standard InChI is InChI=1S/C10H11N3O3/c1-12-7-4-5(11)3-6(9(14)15)8(7)13(2)10(12)16/h3-4H,11H2,1-2H3,(H,14,15). The van der Waals surface area contributed by atoms with Gasteiger partial charge in [0, 0.05) is 19.8 Å². The predicted octanol–water partition coefficient (Wildman–Crippen LogP) is 0.157. The van der Waals surface area contributed by atoms with Crippen LogP contribution >= 0.6 is 0 Å². The summed E-state index contributed by atoms with van der Waals surface area (Å²) in [7, 11) is 3.11. The molecule has 6 heteroatoms. The Morgan fingerprint density at radius 2 is 1.94 bits per heavy atom. The number of rotatable bonds is 1. The number of hydrogen-bond acceptors (Lipinski definition) is 3. The van der Waals surface area contributed by atoms with Crippen molar-refractivity contribution in [1.29, 1.82) is 0 Å². The molecule has 0 spiro atoms. The molecule has 0 atom stereocenters. The number of carboxylic acid groups (broad SMARTS) is 1. The van der Waals surface area contributed by atoms with Crippen molar-refractivity contribution in [1.82, 2.24) is 9.13 Å². The van der Waals surface area contributed by atoms with Crippen LogP contribution in [0.2, 0.25) is 0 Å². The van der Waals surface area contributed by atoms with E-state index in [2.05, 4.69) is 0 Å². The van der Waals surface area contributed by atoms with Crippen LogP contribution in [0.15, 0.2) is 16.9 Å². The van der Waals surface area contributed by atoms with E-state index in [9.17, 15) is 9.59 Å². The lowest BCUT2D eigenvalue weighted by Gasteiger charge is -2.02. The Hall–Kier alpha value is -2.24. The van der Waals surface area contributed by atoms with Crippen LogP contribution in [-0.2, 0) is 14.1 Å². The zero-order valence-corrected chi connectivity index (χ0v) is 8.89. The van der Waals surface area contributed by atoms with E-state index in [0.717, 1.165) is 0 Å². The molecule has 1 heterocycles. The number of anilines is 1. The Bertz CT molecular complexity index is 651. The van der Waals surface area contributed by atoms with Crippen molar-refractivity contribution in [3.63, 3.8) is 0 Å². The fourth-order valence-electron chi connectivity index (χ4n) is 1.84. The molecule has 16 heavy (non-hydrogen) atoms. The summed E-state index contributed by atoms with van der Waals surface area (Å²) >= 11 is 0. The smallest absolute Gasteiger partial charge is 0.337 e. The molecule has 3 N–H and O–H groups in total. The zero-order valence-electron chi connectivity index (χ0n) is 8.89. The molecule has 0 amide bonds. The molecule has 2 aromatic rings. The number of hydrogen-bond donors (Lipinski definition) is 2. The van der Waals surface area contributed by atoms with E-state index in [0.29, 0.717) is 16.7 Å². The number of aromatic nitrogens is 2. The van der Waals surface area contributed by atoms with Crippen LogP contribution in [0.4, 0.5) is 5.69 Å². The van der Waals surface area contributed by atoms with E-state index < -0.39 is 5.97 Å². The van der Waals surface area contributed by atoms with Gasteiger partial charge < -0.3 is 10.8 Å². The number of aromatic carboxylic acids is 1. The van der Waals surface area contributed by atoms with Gasteiger partial charge in [-0.25, -0.2) is 9.59 Å². The molecule has 0 aliphatic carbocycles. The Morgan fingerprint density at radius 1 is 1.31 bits per heavy atom. The zero-order chi connectivity index (χ0) is 12.0. The summed E-state index contributed by atoms with van der Waals surface area (Å²) in [6.45, 7) is 0. The number of imidazole rings is 1. The molecule has 6 nitrogen and oxygen atoms in total. The Labute approximate surface area is 90.5 Å². The number of nitrogen functional groups attached to an aromatic ring is 1. The fraction of sp³-hybridized carbons (Fsp3) is 0.200. The number of aryl methyl sites for hydroxylation is 2. The van der Waals surface area contributed by atoms with Gasteiger partial charge in [-0.3, -0.25) is 9.13 Å². The summed E-state index contributed by atoms with van der Waals surface area (Å²) in [6.07, 6.45) is 0. The van der Waals surface area contributed by atoms with Crippen LogP contribution in [-0.4, -0.2) is 20.2 Å². The minimum atomic E-state index is -1.10. The van der Waals surface area contributed by atoms with E-state index in [-0.39, 0.29) is 11.3 Å². The molecule has 2 rings (SSSR count). The van der Waals surface area contributed by atoms with Crippen LogP contribution in [0.1, 0.15) is 10.4 Å². The van der Waals surface area contributed by atoms with Crippen molar-refractivity contribution < 1.29 is 9.90 Å². The SMILES string of the molecule is Cn1c(=O)n(C)c2c(C(=O)O)cc(N)cc21. The molecule has 0 bridgehead atoms. The van der Waals surface area contributed by atoms with E-state index in [1.54, 1.807) is 13.1 Å². The third-order valence-electron chi connectivity index (χ3n) is 2.61. The van der Waals surface area contributed by atoms with Gasteiger partial charge in [0.1, 0.15) is 0 Å². The van der Waals surface area contributed by atoms with Gasteiger partial charge in [0.15, 0.2) is 0 Å².